The molecule has 1 amide bonds. The third kappa shape index (κ3) is 5.41. The van der Waals surface area contributed by atoms with Gasteiger partial charge in [0.2, 0.25) is 0 Å². The minimum Gasteiger partial charge on any atom is -0.348 e. The zero-order chi connectivity index (χ0) is 13.7. The first-order chi connectivity index (χ1) is 9.22. The van der Waals surface area contributed by atoms with Crippen LogP contribution in [0.15, 0.2) is 18.5 Å². The number of halogens is 3. The number of nitrogens with one attached hydrogen (secondary N) is 1. The van der Waals surface area contributed by atoms with E-state index in [-0.39, 0.29) is 36.4 Å². The van der Waals surface area contributed by atoms with Crippen LogP contribution in [0, 0.1) is 11.7 Å². The number of nitrogens with zero attached hydrogens (tertiary/aromatic N) is 1. The summed E-state index contributed by atoms with van der Waals surface area (Å²) in [7, 11) is 0. The predicted molar refractivity (Wildman–Crippen MR) is 85.6 cm³/mol. The summed E-state index contributed by atoms with van der Waals surface area (Å²) in [6, 6.07) is 1.32. The number of hydrogen-bond acceptors (Lipinski definition) is 3. The fraction of sp³-hybridized carbons (Fsp3) is 0.571. The van der Waals surface area contributed by atoms with Gasteiger partial charge in [-0.15, -0.1) is 24.8 Å². The van der Waals surface area contributed by atoms with Crippen LogP contribution in [-0.4, -0.2) is 23.5 Å². The predicted octanol–water partition coefficient (Wildman–Crippen LogP) is 2.70. The van der Waals surface area contributed by atoms with Crippen molar-refractivity contribution in [2.45, 2.75) is 38.1 Å². The van der Waals surface area contributed by atoms with Gasteiger partial charge in [0.15, 0.2) is 5.82 Å². The van der Waals surface area contributed by atoms with Gasteiger partial charge in [-0.1, -0.05) is 19.3 Å². The highest BCUT2D eigenvalue weighted by molar-refractivity contribution is 5.94. The minimum absolute atomic E-state index is 0. The maximum atomic E-state index is 13.5. The van der Waals surface area contributed by atoms with Gasteiger partial charge >= 0.3 is 0 Å². The first-order valence-corrected chi connectivity index (χ1v) is 6.83. The minimum atomic E-state index is -0.598. The molecule has 0 radical (unpaired) electrons. The maximum absolute atomic E-state index is 13.5. The van der Waals surface area contributed by atoms with Crippen LogP contribution >= 0.6 is 24.8 Å². The molecule has 0 aromatic carbocycles. The van der Waals surface area contributed by atoms with E-state index < -0.39 is 11.7 Å². The van der Waals surface area contributed by atoms with Crippen molar-refractivity contribution in [2.24, 2.45) is 11.7 Å². The van der Waals surface area contributed by atoms with Crippen molar-refractivity contribution in [1.82, 2.24) is 10.3 Å². The van der Waals surface area contributed by atoms with Gasteiger partial charge in [0.05, 0.1) is 11.8 Å². The van der Waals surface area contributed by atoms with E-state index in [4.69, 9.17) is 5.73 Å². The molecule has 0 saturated heterocycles. The Labute approximate surface area is 136 Å². The molecule has 7 heteroatoms. The summed E-state index contributed by atoms with van der Waals surface area (Å²) in [5.74, 6) is -0.590. The SMILES string of the molecule is Cl.Cl.NCC(NC(=O)c1ccncc1F)C1CCCCC1. The van der Waals surface area contributed by atoms with Crippen molar-refractivity contribution in [2.75, 3.05) is 6.54 Å². The van der Waals surface area contributed by atoms with Crippen LogP contribution in [0.3, 0.4) is 0 Å². The van der Waals surface area contributed by atoms with Gasteiger partial charge in [0.1, 0.15) is 0 Å². The number of aromatic nitrogens is 1. The van der Waals surface area contributed by atoms with Crippen LogP contribution < -0.4 is 11.1 Å². The summed E-state index contributed by atoms with van der Waals surface area (Å²) < 4.78 is 13.5. The molecule has 21 heavy (non-hydrogen) atoms. The molecule has 1 aromatic rings. The monoisotopic (exact) mass is 337 g/mol. The molecular weight excluding hydrogens is 316 g/mol. The highest BCUT2D eigenvalue weighted by Gasteiger charge is 2.25. The first-order valence-electron chi connectivity index (χ1n) is 6.83. The zero-order valence-corrected chi connectivity index (χ0v) is 13.4. The van der Waals surface area contributed by atoms with E-state index in [1.807, 2.05) is 0 Å². The van der Waals surface area contributed by atoms with Gasteiger partial charge in [0.25, 0.3) is 5.91 Å². The lowest BCUT2D eigenvalue weighted by Crippen LogP contribution is -2.46. The van der Waals surface area contributed by atoms with E-state index in [0.29, 0.717) is 12.5 Å². The van der Waals surface area contributed by atoms with Gasteiger partial charge in [-0.3, -0.25) is 9.78 Å². The van der Waals surface area contributed by atoms with Crippen LogP contribution in [-0.2, 0) is 0 Å². The lowest BCUT2D eigenvalue weighted by Gasteiger charge is -2.30. The molecule has 4 nitrogen and oxygen atoms in total. The quantitative estimate of drug-likeness (QED) is 0.887. The van der Waals surface area contributed by atoms with E-state index in [9.17, 15) is 9.18 Å². The summed E-state index contributed by atoms with van der Waals surface area (Å²) in [4.78, 5) is 15.7. The highest BCUT2D eigenvalue weighted by Crippen LogP contribution is 2.26. The third-order valence-electron chi connectivity index (χ3n) is 3.81. The summed E-state index contributed by atoms with van der Waals surface area (Å²) >= 11 is 0. The number of hydrogen-bond donors (Lipinski definition) is 2. The van der Waals surface area contributed by atoms with E-state index in [1.54, 1.807) is 0 Å². The van der Waals surface area contributed by atoms with E-state index in [2.05, 4.69) is 10.3 Å². The number of pyridine rings is 1. The fourth-order valence-corrected chi connectivity index (χ4v) is 2.71. The highest BCUT2D eigenvalue weighted by atomic mass is 35.5. The molecule has 120 valence electrons. The van der Waals surface area contributed by atoms with E-state index >= 15 is 0 Å². The topological polar surface area (TPSA) is 68.0 Å². The average molecular weight is 338 g/mol. The molecule has 1 unspecified atom stereocenters. The van der Waals surface area contributed by atoms with Gasteiger partial charge in [-0.25, -0.2) is 4.39 Å². The molecule has 1 fully saturated rings. The van der Waals surface area contributed by atoms with Crippen molar-refractivity contribution in [3.8, 4) is 0 Å². The largest absolute Gasteiger partial charge is 0.348 e. The molecule has 0 bridgehead atoms. The van der Waals surface area contributed by atoms with Gasteiger partial charge < -0.3 is 11.1 Å². The van der Waals surface area contributed by atoms with Crippen LogP contribution in [0.4, 0.5) is 4.39 Å². The second-order valence-corrected chi connectivity index (χ2v) is 5.07. The Bertz CT molecular complexity index is 442. The van der Waals surface area contributed by atoms with Crippen molar-refractivity contribution in [3.05, 3.63) is 29.8 Å². The number of carbonyl (C=O) groups is 1. The Hall–Kier alpha value is -0.910. The molecule has 1 aliphatic carbocycles. The smallest absolute Gasteiger partial charge is 0.254 e. The maximum Gasteiger partial charge on any atom is 0.254 e. The summed E-state index contributed by atoms with van der Waals surface area (Å²) in [6.45, 7) is 0.392. The van der Waals surface area contributed by atoms with Crippen LogP contribution in [0.5, 0.6) is 0 Å². The number of nitrogens with two attached hydrogens (primary N) is 1. The molecule has 1 aliphatic rings. The molecule has 1 saturated carbocycles. The lowest BCUT2D eigenvalue weighted by atomic mass is 9.84. The second-order valence-electron chi connectivity index (χ2n) is 5.07. The summed E-state index contributed by atoms with van der Waals surface area (Å²) in [5, 5.41) is 2.86. The van der Waals surface area contributed by atoms with Gasteiger partial charge in [-0.2, -0.15) is 0 Å². The van der Waals surface area contributed by atoms with Crippen molar-refractivity contribution >= 4 is 30.7 Å². The zero-order valence-electron chi connectivity index (χ0n) is 11.8. The first kappa shape index (κ1) is 20.1. The summed E-state index contributed by atoms with van der Waals surface area (Å²) in [6.07, 6.45) is 8.24. The average Bonchev–Trinajstić information content (AvgIpc) is 2.46. The standard InChI is InChI=1S/C14H20FN3O.2ClH/c15-12-9-17-7-6-11(12)14(19)18-13(8-16)10-4-2-1-3-5-10;;/h6-7,9-10,13H,1-5,8,16H2,(H,18,19);2*1H. The Kier molecular flexibility index (Phi) is 9.49. The Morgan fingerprint density at radius 2 is 2.05 bits per heavy atom. The third-order valence-corrected chi connectivity index (χ3v) is 3.81. The fourth-order valence-electron chi connectivity index (χ4n) is 2.71. The second kappa shape index (κ2) is 9.92. The van der Waals surface area contributed by atoms with Crippen LogP contribution in [0.25, 0.3) is 0 Å². The van der Waals surface area contributed by atoms with Crippen molar-refractivity contribution in [3.63, 3.8) is 0 Å². The molecule has 3 N–H and O–H groups in total. The van der Waals surface area contributed by atoms with Crippen molar-refractivity contribution < 1.29 is 9.18 Å². The molecule has 0 spiro atoms. The molecule has 2 rings (SSSR count). The Balaban J connectivity index is 0.00000200. The Morgan fingerprint density at radius 1 is 1.38 bits per heavy atom. The van der Waals surface area contributed by atoms with Crippen LogP contribution in [0.2, 0.25) is 0 Å². The number of rotatable bonds is 4. The number of carbonyl (C=O) groups excluding carboxylic acids is 1. The molecular formula is C14H22Cl2FN3O. The van der Waals surface area contributed by atoms with Gasteiger partial charge in [0, 0.05) is 18.8 Å². The lowest BCUT2D eigenvalue weighted by molar-refractivity contribution is 0.0911. The number of amides is 1. The molecule has 1 aromatic heterocycles. The van der Waals surface area contributed by atoms with E-state index in [1.165, 1.54) is 31.5 Å². The van der Waals surface area contributed by atoms with Crippen LogP contribution in [0.1, 0.15) is 42.5 Å². The molecule has 0 aliphatic heterocycles. The summed E-state index contributed by atoms with van der Waals surface area (Å²) in [5.41, 5.74) is 5.78. The van der Waals surface area contributed by atoms with Crippen molar-refractivity contribution in [1.29, 1.82) is 0 Å². The Morgan fingerprint density at radius 3 is 2.62 bits per heavy atom. The molecule has 1 heterocycles. The van der Waals surface area contributed by atoms with Gasteiger partial charge in [-0.05, 0) is 24.8 Å². The molecule has 1 atom stereocenters. The normalized spacial score (nSPS) is 16.3. The van der Waals surface area contributed by atoms with E-state index in [0.717, 1.165) is 19.0 Å².